The predicted molar refractivity (Wildman–Crippen MR) is 74.6 cm³/mol. The van der Waals surface area contributed by atoms with Crippen LogP contribution in [0.5, 0.6) is 0 Å². The first-order valence-electron chi connectivity index (χ1n) is 6.25. The average Bonchev–Trinajstić information content (AvgIpc) is 2.82. The molecule has 0 aliphatic heterocycles. The zero-order chi connectivity index (χ0) is 14.5. The quantitative estimate of drug-likeness (QED) is 0.841. The number of carbonyl (C=O) groups is 1. The number of methoxy groups -OCH3 is 1. The summed E-state index contributed by atoms with van der Waals surface area (Å²) in [4.78, 5) is 15.7. The number of aromatic nitrogens is 2. The van der Waals surface area contributed by atoms with Gasteiger partial charge in [0.2, 0.25) is 0 Å². The molecule has 2 rings (SSSR count). The molecule has 20 heavy (non-hydrogen) atoms. The lowest BCUT2D eigenvalue weighted by atomic mass is 10.2. The topological polar surface area (TPSA) is 79.4 Å². The van der Waals surface area contributed by atoms with Crippen LogP contribution in [0.3, 0.4) is 0 Å². The summed E-state index contributed by atoms with van der Waals surface area (Å²) in [7, 11) is 1.64. The third kappa shape index (κ3) is 2.80. The van der Waals surface area contributed by atoms with E-state index in [-0.39, 0.29) is 18.1 Å². The summed E-state index contributed by atoms with van der Waals surface area (Å²) in [6.45, 7) is 2.53. The molecule has 106 valence electrons. The van der Waals surface area contributed by atoms with E-state index in [0.29, 0.717) is 6.61 Å². The third-order valence-electron chi connectivity index (χ3n) is 2.77. The van der Waals surface area contributed by atoms with Crippen molar-refractivity contribution in [3.8, 4) is 5.69 Å². The van der Waals surface area contributed by atoms with Crippen LogP contribution in [0.4, 0.5) is 5.82 Å². The number of esters is 1. The van der Waals surface area contributed by atoms with Crippen molar-refractivity contribution in [1.82, 2.24) is 9.55 Å². The number of anilines is 1. The van der Waals surface area contributed by atoms with Crippen molar-refractivity contribution in [3.05, 3.63) is 41.9 Å². The van der Waals surface area contributed by atoms with Crippen LogP contribution < -0.4 is 5.73 Å². The fourth-order valence-corrected chi connectivity index (χ4v) is 1.88. The van der Waals surface area contributed by atoms with Crippen LogP contribution in [0.1, 0.15) is 23.0 Å². The summed E-state index contributed by atoms with van der Waals surface area (Å²) in [6.07, 6.45) is 1.51. The molecule has 0 amide bonds. The van der Waals surface area contributed by atoms with E-state index < -0.39 is 5.97 Å². The van der Waals surface area contributed by atoms with Crippen LogP contribution in [0.2, 0.25) is 0 Å². The van der Waals surface area contributed by atoms with Crippen molar-refractivity contribution in [2.24, 2.45) is 0 Å². The maximum Gasteiger partial charge on any atom is 0.360 e. The molecule has 2 N–H and O–H groups in total. The minimum Gasteiger partial charge on any atom is -0.461 e. The van der Waals surface area contributed by atoms with Gasteiger partial charge in [-0.3, -0.25) is 4.57 Å². The third-order valence-corrected chi connectivity index (χ3v) is 2.77. The molecular weight excluding hydrogens is 258 g/mol. The van der Waals surface area contributed by atoms with Crippen molar-refractivity contribution in [1.29, 1.82) is 0 Å². The summed E-state index contributed by atoms with van der Waals surface area (Å²) in [5.74, 6) is -0.255. The predicted octanol–water partition coefficient (Wildman–Crippen LogP) is 1.78. The highest BCUT2D eigenvalue weighted by molar-refractivity contribution is 5.92. The van der Waals surface area contributed by atoms with Gasteiger partial charge in [-0.1, -0.05) is 12.1 Å². The number of hydrogen-bond acceptors (Lipinski definition) is 5. The number of ether oxygens (including phenoxy) is 2. The van der Waals surface area contributed by atoms with Gasteiger partial charge in [0.1, 0.15) is 12.1 Å². The van der Waals surface area contributed by atoms with E-state index in [1.165, 1.54) is 6.33 Å². The van der Waals surface area contributed by atoms with Gasteiger partial charge in [0.05, 0.1) is 13.2 Å². The summed E-state index contributed by atoms with van der Waals surface area (Å²) in [6, 6.07) is 7.65. The van der Waals surface area contributed by atoms with Crippen molar-refractivity contribution < 1.29 is 14.3 Å². The smallest absolute Gasteiger partial charge is 0.360 e. The Morgan fingerprint density at radius 2 is 2.25 bits per heavy atom. The van der Waals surface area contributed by atoms with Gasteiger partial charge in [-0.2, -0.15) is 0 Å². The zero-order valence-corrected chi connectivity index (χ0v) is 11.5. The first-order valence-corrected chi connectivity index (χ1v) is 6.25. The van der Waals surface area contributed by atoms with E-state index in [0.717, 1.165) is 11.3 Å². The van der Waals surface area contributed by atoms with Gasteiger partial charge < -0.3 is 15.2 Å². The second-order valence-electron chi connectivity index (χ2n) is 4.17. The molecule has 1 aromatic carbocycles. The van der Waals surface area contributed by atoms with Crippen LogP contribution in [-0.4, -0.2) is 29.2 Å². The highest BCUT2D eigenvalue weighted by atomic mass is 16.5. The number of nitrogens with zero attached hydrogens (tertiary/aromatic N) is 2. The van der Waals surface area contributed by atoms with E-state index in [1.807, 2.05) is 24.3 Å². The monoisotopic (exact) mass is 275 g/mol. The fraction of sp³-hybridized carbons (Fsp3) is 0.286. The van der Waals surface area contributed by atoms with Crippen molar-refractivity contribution in [3.63, 3.8) is 0 Å². The number of benzene rings is 1. The minimum atomic E-state index is -0.517. The van der Waals surface area contributed by atoms with Gasteiger partial charge in [0.25, 0.3) is 0 Å². The van der Waals surface area contributed by atoms with Gasteiger partial charge in [0.15, 0.2) is 5.69 Å². The van der Waals surface area contributed by atoms with Crippen molar-refractivity contribution >= 4 is 11.8 Å². The lowest BCUT2D eigenvalue weighted by molar-refractivity contribution is 0.0521. The highest BCUT2D eigenvalue weighted by Gasteiger charge is 2.17. The molecule has 1 aromatic heterocycles. The molecule has 0 unspecified atom stereocenters. The summed E-state index contributed by atoms with van der Waals surface area (Å²) in [5.41, 5.74) is 7.92. The van der Waals surface area contributed by atoms with E-state index in [9.17, 15) is 4.79 Å². The second-order valence-corrected chi connectivity index (χ2v) is 4.17. The molecule has 0 saturated heterocycles. The molecule has 0 spiro atoms. The Morgan fingerprint density at radius 1 is 1.45 bits per heavy atom. The molecule has 0 fully saturated rings. The van der Waals surface area contributed by atoms with Gasteiger partial charge in [-0.05, 0) is 24.6 Å². The maximum atomic E-state index is 11.7. The van der Waals surface area contributed by atoms with Crippen LogP contribution in [-0.2, 0) is 16.1 Å². The molecule has 0 bridgehead atoms. The minimum absolute atomic E-state index is 0.129. The maximum absolute atomic E-state index is 11.7. The summed E-state index contributed by atoms with van der Waals surface area (Å²) >= 11 is 0. The molecule has 0 aliphatic rings. The average molecular weight is 275 g/mol. The normalized spacial score (nSPS) is 10.5. The van der Waals surface area contributed by atoms with Gasteiger partial charge in [-0.25, -0.2) is 9.78 Å². The summed E-state index contributed by atoms with van der Waals surface area (Å²) in [5, 5.41) is 0. The Labute approximate surface area is 117 Å². The van der Waals surface area contributed by atoms with Crippen LogP contribution in [0.25, 0.3) is 5.69 Å². The van der Waals surface area contributed by atoms with Gasteiger partial charge in [-0.15, -0.1) is 0 Å². The standard InChI is InChI=1S/C14H17N3O3/c1-3-20-14(18)12-13(15)17(9-16-12)11-6-4-5-10(7-11)8-19-2/h4-7,9H,3,8,15H2,1-2H3. The molecule has 1 heterocycles. The number of rotatable bonds is 5. The number of hydrogen-bond donors (Lipinski definition) is 1. The molecule has 0 saturated carbocycles. The van der Waals surface area contributed by atoms with Gasteiger partial charge >= 0.3 is 5.97 Å². The van der Waals surface area contributed by atoms with E-state index in [2.05, 4.69) is 4.98 Å². The Hall–Kier alpha value is -2.34. The SMILES string of the molecule is CCOC(=O)c1ncn(-c2cccc(COC)c2)c1N. The van der Waals surface area contributed by atoms with E-state index in [4.69, 9.17) is 15.2 Å². The second kappa shape index (κ2) is 6.21. The van der Waals surface area contributed by atoms with Crippen molar-refractivity contribution in [2.75, 3.05) is 19.5 Å². The molecule has 0 radical (unpaired) electrons. The number of imidazole rings is 1. The lowest BCUT2D eigenvalue weighted by Crippen LogP contribution is -2.09. The first-order chi connectivity index (χ1) is 9.67. The Morgan fingerprint density at radius 3 is 2.95 bits per heavy atom. The zero-order valence-electron chi connectivity index (χ0n) is 11.5. The van der Waals surface area contributed by atoms with Crippen LogP contribution in [0, 0.1) is 0 Å². The number of nitrogens with two attached hydrogens (primary N) is 1. The molecule has 0 atom stereocenters. The van der Waals surface area contributed by atoms with E-state index >= 15 is 0 Å². The van der Waals surface area contributed by atoms with Gasteiger partial charge in [0, 0.05) is 12.8 Å². The Kier molecular flexibility index (Phi) is 4.37. The molecule has 6 heteroatoms. The summed E-state index contributed by atoms with van der Waals surface area (Å²) < 4.78 is 11.6. The van der Waals surface area contributed by atoms with Crippen LogP contribution in [0.15, 0.2) is 30.6 Å². The molecule has 2 aromatic rings. The van der Waals surface area contributed by atoms with Crippen LogP contribution >= 0.6 is 0 Å². The number of carbonyl (C=O) groups excluding carboxylic acids is 1. The molecular formula is C14H17N3O3. The Balaban J connectivity index is 2.34. The fourth-order valence-electron chi connectivity index (χ4n) is 1.88. The molecule has 0 aliphatic carbocycles. The lowest BCUT2D eigenvalue weighted by Gasteiger charge is -2.07. The van der Waals surface area contributed by atoms with E-state index in [1.54, 1.807) is 18.6 Å². The highest BCUT2D eigenvalue weighted by Crippen LogP contribution is 2.19. The van der Waals surface area contributed by atoms with Crippen molar-refractivity contribution in [2.45, 2.75) is 13.5 Å². The number of nitrogen functional groups attached to an aromatic ring is 1. The molecule has 6 nitrogen and oxygen atoms in total. The first kappa shape index (κ1) is 14.1. The Bertz CT molecular complexity index is 607. The largest absolute Gasteiger partial charge is 0.461 e.